The first kappa shape index (κ1) is 21.4. The lowest BCUT2D eigenvalue weighted by Gasteiger charge is -2.35. The third-order valence-corrected chi connectivity index (χ3v) is 6.04. The molecule has 162 valence electrons. The Balaban J connectivity index is 1.70. The van der Waals surface area contributed by atoms with E-state index in [1.54, 1.807) is 18.3 Å². The van der Waals surface area contributed by atoms with Crippen LogP contribution in [0.25, 0.3) is 22.0 Å². The minimum atomic E-state index is -2.48. The van der Waals surface area contributed by atoms with E-state index in [9.17, 15) is 13.6 Å². The Hall–Kier alpha value is -2.86. The van der Waals surface area contributed by atoms with E-state index in [1.807, 2.05) is 18.2 Å². The van der Waals surface area contributed by atoms with Gasteiger partial charge in [-0.2, -0.15) is 0 Å². The fourth-order valence-electron chi connectivity index (χ4n) is 4.49. The topological polar surface area (TPSA) is 36.4 Å². The van der Waals surface area contributed by atoms with Gasteiger partial charge in [-0.3, -0.25) is 9.78 Å². The molecular formula is C25H27F2N3O. The molecule has 1 aliphatic rings. The number of aldehydes is 1. The Bertz CT molecular complexity index is 1060. The zero-order chi connectivity index (χ0) is 22.0. The molecule has 0 radical (unpaired) electrons. The van der Waals surface area contributed by atoms with Crippen LogP contribution in [0, 0.1) is 5.92 Å². The van der Waals surface area contributed by atoms with Crippen molar-refractivity contribution in [3.8, 4) is 11.1 Å². The zero-order valence-corrected chi connectivity index (χ0v) is 17.9. The monoisotopic (exact) mass is 423 g/mol. The van der Waals surface area contributed by atoms with Crippen LogP contribution in [-0.4, -0.2) is 49.9 Å². The lowest BCUT2D eigenvalue weighted by molar-refractivity contribution is 0.112. The van der Waals surface area contributed by atoms with Crippen LogP contribution in [0.5, 0.6) is 0 Å². The maximum Gasteiger partial charge on any atom is 0.263 e. The maximum absolute atomic E-state index is 12.9. The molecule has 31 heavy (non-hydrogen) atoms. The minimum absolute atomic E-state index is 0.00994. The van der Waals surface area contributed by atoms with Crippen molar-refractivity contribution in [1.82, 2.24) is 9.88 Å². The number of anilines is 1. The third-order valence-electron chi connectivity index (χ3n) is 6.04. The second kappa shape index (κ2) is 9.10. The number of pyridine rings is 1. The molecule has 0 saturated carbocycles. The summed E-state index contributed by atoms with van der Waals surface area (Å²) in [4.78, 5) is 20.8. The van der Waals surface area contributed by atoms with Gasteiger partial charge in [0.25, 0.3) is 6.43 Å². The number of carbonyl (C=O) groups excluding carboxylic acids is 1. The highest BCUT2D eigenvalue weighted by Gasteiger charge is 2.23. The maximum atomic E-state index is 12.9. The second-order valence-corrected chi connectivity index (χ2v) is 8.53. The quantitative estimate of drug-likeness (QED) is 0.496. The largest absolute Gasteiger partial charge is 0.370 e. The van der Waals surface area contributed by atoms with Gasteiger partial charge in [0.15, 0.2) is 6.29 Å². The van der Waals surface area contributed by atoms with Gasteiger partial charge in [0.2, 0.25) is 0 Å². The molecule has 1 aromatic heterocycles. The van der Waals surface area contributed by atoms with Crippen LogP contribution in [0.4, 0.5) is 14.5 Å². The summed E-state index contributed by atoms with van der Waals surface area (Å²) in [6.45, 7) is 2.86. The van der Waals surface area contributed by atoms with Gasteiger partial charge in [0, 0.05) is 36.8 Å². The molecule has 4 rings (SSSR count). The second-order valence-electron chi connectivity index (χ2n) is 8.53. The SMILES string of the molecule is CN(C)CC1CCN(c2c(C=O)cnc3ccc(-c4ccc(C(F)F)cc4)cc23)CC1. The van der Waals surface area contributed by atoms with Gasteiger partial charge in [0.05, 0.1) is 16.8 Å². The van der Waals surface area contributed by atoms with E-state index in [-0.39, 0.29) is 5.56 Å². The van der Waals surface area contributed by atoms with E-state index in [0.717, 1.165) is 66.5 Å². The van der Waals surface area contributed by atoms with Crippen LogP contribution >= 0.6 is 0 Å². The van der Waals surface area contributed by atoms with Crippen molar-refractivity contribution in [2.24, 2.45) is 5.92 Å². The van der Waals surface area contributed by atoms with Crippen LogP contribution in [-0.2, 0) is 0 Å². The van der Waals surface area contributed by atoms with E-state index in [1.165, 1.54) is 12.1 Å². The molecule has 1 fully saturated rings. The van der Waals surface area contributed by atoms with Gasteiger partial charge in [-0.15, -0.1) is 0 Å². The predicted molar refractivity (Wildman–Crippen MR) is 121 cm³/mol. The summed E-state index contributed by atoms with van der Waals surface area (Å²) >= 11 is 0. The number of piperidine rings is 1. The lowest BCUT2D eigenvalue weighted by atomic mass is 9.94. The molecule has 2 heterocycles. The van der Waals surface area contributed by atoms with Crippen molar-refractivity contribution < 1.29 is 13.6 Å². The number of carbonyl (C=O) groups is 1. The lowest BCUT2D eigenvalue weighted by Crippen LogP contribution is -2.37. The van der Waals surface area contributed by atoms with Gasteiger partial charge in [-0.25, -0.2) is 8.78 Å². The molecule has 0 amide bonds. The summed E-state index contributed by atoms with van der Waals surface area (Å²) in [7, 11) is 4.20. The number of halogens is 2. The number of fused-ring (bicyclic) bond motifs is 1. The molecule has 2 aromatic carbocycles. The minimum Gasteiger partial charge on any atom is -0.370 e. The summed E-state index contributed by atoms with van der Waals surface area (Å²) in [6, 6.07) is 12.2. The van der Waals surface area contributed by atoms with E-state index >= 15 is 0 Å². The number of nitrogens with zero attached hydrogens (tertiary/aromatic N) is 3. The predicted octanol–water partition coefficient (Wildman–Crippen LogP) is 5.43. The van der Waals surface area contributed by atoms with E-state index in [4.69, 9.17) is 0 Å². The molecule has 1 saturated heterocycles. The number of hydrogen-bond acceptors (Lipinski definition) is 4. The van der Waals surface area contributed by atoms with Gasteiger partial charge >= 0.3 is 0 Å². The number of hydrogen-bond donors (Lipinski definition) is 0. The van der Waals surface area contributed by atoms with Gasteiger partial charge < -0.3 is 9.80 Å². The highest BCUT2D eigenvalue weighted by molar-refractivity contribution is 6.02. The molecule has 4 nitrogen and oxygen atoms in total. The molecule has 0 aliphatic carbocycles. The Kier molecular flexibility index (Phi) is 6.28. The molecule has 6 heteroatoms. The fraction of sp³-hybridized carbons (Fsp3) is 0.360. The van der Waals surface area contributed by atoms with E-state index in [0.29, 0.717) is 11.5 Å². The standard InChI is InChI=1S/C25H27F2N3O/c1-29(2)15-17-9-11-30(12-10-17)24-21(16-31)14-28-23-8-7-20(13-22(23)24)18-3-5-19(6-4-18)25(26)27/h3-8,13-14,16-17,25H,9-12,15H2,1-2H3. The fourth-order valence-corrected chi connectivity index (χ4v) is 4.49. The van der Waals surface area contributed by atoms with Crippen molar-refractivity contribution in [1.29, 1.82) is 0 Å². The van der Waals surface area contributed by atoms with E-state index in [2.05, 4.69) is 28.9 Å². The normalized spacial score (nSPS) is 15.2. The first-order valence-electron chi connectivity index (χ1n) is 10.6. The Morgan fingerprint density at radius 1 is 1.10 bits per heavy atom. The number of rotatable bonds is 6. The van der Waals surface area contributed by atoms with Crippen molar-refractivity contribution >= 4 is 22.9 Å². The zero-order valence-electron chi connectivity index (χ0n) is 17.9. The summed E-state index contributed by atoms with van der Waals surface area (Å²) < 4.78 is 25.8. The van der Waals surface area contributed by atoms with Gasteiger partial charge in [-0.05, 0) is 56.1 Å². The van der Waals surface area contributed by atoms with Crippen molar-refractivity contribution in [2.75, 3.05) is 38.6 Å². The molecule has 0 atom stereocenters. The number of benzene rings is 2. The smallest absolute Gasteiger partial charge is 0.263 e. The van der Waals surface area contributed by atoms with Crippen LogP contribution in [0.2, 0.25) is 0 Å². The summed E-state index contributed by atoms with van der Waals surface area (Å²) in [5.41, 5.74) is 4.12. The molecule has 0 N–H and O–H groups in total. The molecule has 0 bridgehead atoms. The first-order valence-corrected chi connectivity index (χ1v) is 10.6. The number of aromatic nitrogens is 1. The van der Waals surface area contributed by atoms with Crippen LogP contribution in [0.15, 0.2) is 48.7 Å². The molecular weight excluding hydrogens is 396 g/mol. The average molecular weight is 424 g/mol. The summed E-state index contributed by atoms with van der Waals surface area (Å²) in [6.07, 6.45) is 2.20. The van der Waals surface area contributed by atoms with Crippen molar-refractivity contribution in [3.63, 3.8) is 0 Å². The average Bonchev–Trinajstić information content (AvgIpc) is 2.78. The van der Waals surface area contributed by atoms with Crippen molar-refractivity contribution in [2.45, 2.75) is 19.3 Å². The Morgan fingerprint density at radius 3 is 2.39 bits per heavy atom. The highest BCUT2D eigenvalue weighted by atomic mass is 19.3. The summed E-state index contributed by atoms with van der Waals surface area (Å²) in [5, 5.41) is 0.922. The summed E-state index contributed by atoms with van der Waals surface area (Å²) in [5.74, 6) is 0.656. The Morgan fingerprint density at radius 2 is 1.77 bits per heavy atom. The van der Waals surface area contributed by atoms with E-state index < -0.39 is 6.43 Å². The van der Waals surface area contributed by atoms with Crippen LogP contribution in [0.3, 0.4) is 0 Å². The molecule has 3 aromatic rings. The highest BCUT2D eigenvalue weighted by Crippen LogP contribution is 2.35. The molecule has 0 spiro atoms. The third kappa shape index (κ3) is 4.59. The first-order chi connectivity index (χ1) is 15.0. The van der Waals surface area contributed by atoms with Crippen molar-refractivity contribution in [3.05, 3.63) is 59.8 Å². The molecule has 0 unspecified atom stereocenters. The molecule has 1 aliphatic heterocycles. The Labute approximate surface area is 181 Å². The van der Waals surface area contributed by atoms with Gasteiger partial charge in [0.1, 0.15) is 0 Å². The van der Waals surface area contributed by atoms with Crippen LogP contribution in [0.1, 0.15) is 35.2 Å². The van der Waals surface area contributed by atoms with Gasteiger partial charge in [-0.1, -0.05) is 30.3 Å². The number of alkyl halides is 2. The van der Waals surface area contributed by atoms with Crippen LogP contribution < -0.4 is 4.90 Å².